The Labute approximate surface area is 120 Å². The number of benzene rings is 1. The number of hydrogen-bond donors (Lipinski definition) is 1. The van der Waals surface area contributed by atoms with Crippen LogP contribution in [0.2, 0.25) is 5.22 Å². The van der Waals surface area contributed by atoms with E-state index in [0.29, 0.717) is 5.22 Å². The van der Waals surface area contributed by atoms with Gasteiger partial charge in [-0.05, 0) is 36.6 Å². The van der Waals surface area contributed by atoms with Crippen molar-refractivity contribution in [2.24, 2.45) is 5.92 Å². The van der Waals surface area contributed by atoms with Crippen molar-refractivity contribution in [3.05, 3.63) is 35.0 Å². The average molecular weight is 280 g/mol. The molecule has 0 aliphatic rings. The van der Waals surface area contributed by atoms with Gasteiger partial charge in [-0.3, -0.25) is 0 Å². The smallest absolute Gasteiger partial charge is 0.199 e. The van der Waals surface area contributed by atoms with E-state index in [0.717, 1.165) is 35.5 Å². The van der Waals surface area contributed by atoms with Crippen LogP contribution in [0.15, 0.2) is 28.7 Å². The first kappa shape index (κ1) is 14.4. The third-order valence-corrected chi connectivity index (χ3v) is 3.64. The fraction of sp³-hybridized carbons (Fsp3) is 0.500. The zero-order valence-electron chi connectivity index (χ0n) is 11.7. The quantitative estimate of drug-likeness (QED) is 0.721. The van der Waals surface area contributed by atoms with E-state index in [2.05, 4.69) is 25.2 Å². The van der Waals surface area contributed by atoms with Gasteiger partial charge in [-0.2, -0.15) is 0 Å². The minimum Gasteiger partial charge on any atom is -0.444 e. The lowest BCUT2D eigenvalue weighted by Crippen LogP contribution is -2.14. The second kappa shape index (κ2) is 6.97. The number of unbranched alkanes of at least 4 members (excludes halogenated alkanes) is 1. The van der Waals surface area contributed by atoms with Crippen LogP contribution in [0.25, 0.3) is 11.0 Å². The first-order valence-corrected chi connectivity index (χ1v) is 7.43. The molecule has 1 aromatic carbocycles. The summed E-state index contributed by atoms with van der Waals surface area (Å²) in [6, 6.07) is 7.99. The van der Waals surface area contributed by atoms with Crippen LogP contribution in [0.3, 0.4) is 0 Å². The molecule has 0 bridgehead atoms. The lowest BCUT2D eigenvalue weighted by atomic mass is 10.1. The Morgan fingerprint density at radius 1 is 1.21 bits per heavy atom. The first-order valence-electron chi connectivity index (χ1n) is 7.05. The molecule has 3 heteroatoms. The molecular formula is C16H22ClNO. The molecule has 0 saturated carbocycles. The first-order chi connectivity index (χ1) is 9.18. The molecule has 0 aliphatic carbocycles. The van der Waals surface area contributed by atoms with Crippen molar-refractivity contribution in [1.29, 1.82) is 0 Å². The van der Waals surface area contributed by atoms with E-state index in [1.165, 1.54) is 19.3 Å². The Balaban J connectivity index is 1.83. The van der Waals surface area contributed by atoms with Crippen molar-refractivity contribution in [2.45, 2.75) is 39.7 Å². The lowest BCUT2D eigenvalue weighted by Gasteiger charge is -2.06. The van der Waals surface area contributed by atoms with Gasteiger partial charge in [0.25, 0.3) is 0 Å². The Hall–Kier alpha value is -0.990. The molecule has 0 spiro atoms. The van der Waals surface area contributed by atoms with Crippen molar-refractivity contribution >= 4 is 22.6 Å². The standard InChI is InChI=1S/C16H22ClNO/c1-12(2)7-5-6-10-18-11-14-13-8-3-4-9-15(13)19-16(14)17/h3-4,8-9,12,18H,5-7,10-11H2,1-2H3. The second-order valence-corrected chi connectivity index (χ2v) is 5.76. The summed E-state index contributed by atoms with van der Waals surface area (Å²) in [5.74, 6) is 0.798. The summed E-state index contributed by atoms with van der Waals surface area (Å²) in [6.07, 6.45) is 3.80. The predicted molar refractivity (Wildman–Crippen MR) is 81.6 cm³/mol. The summed E-state index contributed by atoms with van der Waals surface area (Å²) < 4.78 is 5.53. The van der Waals surface area contributed by atoms with Crippen LogP contribution in [0.1, 0.15) is 38.7 Å². The van der Waals surface area contributed by atoms with E-state index in [1.807, 2.05) is 18.2 Å². The maximum atomic E-state index is 6.14. The molecule has 0 atom stereocenters. The highest BCUT2D eigenvalue weighted by Gasteiger charge is 2.10. The van der Waals surface area contributed by atoms with Crippen LogP contribution in [-0.4, -0.2) is 6.54 Å². The van der Waals surface area contributed by atoms with Gasteiger partial charge in [0.1, 0.15) is 5.58 Å². The summed E-state index contributed by atoms with van der Waals surface area (Å²) in [7, 11) is 0. The van der Waals surface area contributed by atoms with Crippen LogP contribution in [0.4, 0.5) is 0 Å². The molecule has 1 heterocycles. The van der Waals surface area contributed by atoms with Crippen molar-refractivity contribution in [3.63, 3.8) is 0 Å². The van der Waals surface area contributed by atoms with Gasteiger partial charge in [-0.1, -0.05) is 44.9 Å². The summed E-state index contributed by atoms with van der Waals surface area (Å²) in [4.78, 5) is 0. The summed E-state index contributed by atoms with van der Waals surface area (Å²) >= 11 is 6.14. The Bertz CT molecular complexity index is 518. The van der Waals surface area contributed by atoms with Crippen LogP contribution in [0.5, 0.6) is 0 Å². The van der Waals surface area contributed by atoms with Crippen molar-refractivity contribution in [1.82, 2.24) is 5.32 Å². The maximum Gasteiger partial charge on any atom is 0.199 e. The molecule has 0 radical (unpaired) electrons. The van der Waals surface area contributed by atoms with Crippen LogP contribution >= 0.6 is 11.6 Å². The highest BCUT2D eigenvalue weighted by molar-refractivity contribution is 6.30. The van der Waals surface area contributed by atoms with Gasteiger partial charge in [-0.15, -0.1) is 0 Å². The molecule has 1 N–H and O–H groups in total. The zero-order valence-corrected chi connectivity index (χ0v) is 12.5. The van der Waals surface area contributed by atoms with Gasteiger partial charge >= 0.3 is 0 Å². The molecule has 0 fully saturated rings. The molecule has 19 heavy (non-hydrogen) atoms. The Morgan fingerprint density at radius 2 is 2.00 bits per heavy atom. The highest BCUT2D eigenvalue weighted by Crippen LogP contribution is 2.29. The third-order valence-electron chi connectivity index (χ3n) is 3.34. The van der Waals surface area contributed by atoms with E-state index in [4.69, 9.17) is 16.0 Å². The van der Waals surface area contributed by atoms with Crippen molar-refractivity contribution in [3.8, 4) is 0 Å². The molecule has 0 aliphatic heterocycles. The van der Waals surface area contributed by atoms with Crippen LogP contribution in [-0.2, 0) is 6.54 Å². The Morgan fingerprint density at radius 3 is 2.79 bits per heavy atom. The number of furan rings is 1. The Kier molecular flexibility index (Phi) is 5.29. The van der Waals surface area contributed by atoms with Gasteiger partial charge in [0.2, 0.25) is 0 Å². The normalized spacial score (nSPS) is 11.6. The number of fused-ring (bicyclic) bond motifs is 1. The van der Waals surface area contributed by atoms with E-state index < -0.39 is 0 Å². The fourth-order valence-corrected chi connectivity index (χ4v) is 2.50. The predicted octanol–water partition coefficient (Wildman–Crippen LogP) is 5.00. The summed E-state index contributed by atoms with van der Waals surface area (Å²) in [5, 5.41) is 5.07. The van der Waals surface area contributed by atoms with Crippen LogP contribution in [0, 0.1) is 5.92 Å². The van der Waals surface area contributed by atoms with E-state index in [-0.39, 0.29) is 0 Å². The monoisotopic (exact) mass is 279 g/mol. The minimum atomic E-state index is 0.510. The number of rotatable bonds is 7. The number of hydrogen-bond acceptors (Lipinski definition) is 2. The molecular weight excluding hydrogens is 258 g/mol. The maximum absolute atomic E-state index is 6.14. The molecule has 0 saturated heterocycles. The topological polar surface area (TPSA) is 25.2 Å². The fourth-order valence-electron chi connectivity index (χ4n) is 2.25. The lowest BCUT2D eigenvalue weighted by molar-refractivity contribution is 0.520. The van der Waals surface area contributed by atoms with E-state index in [9.17, 15) is 0 Å². The molecule has 2 rings (SSSR count). The molecule has 0 amide bonds. The van der Waals surface area contributed by atoms with Crippen LogP contribution < -0.4 is 5.32 Å². The SMILES string of the molecule is CC(C)CCCCNCc1c(Cl)oc2ccccc12. The third kappa shape index (κ3) is 3.99. The van der Waals surface area contributed by atoms with Gasteiger partial charge in [-0.25, -0.2) is 0 Å². The molecule has 1 aromatic heterocycles. The average Bonchev–Trinajstić information content (AvgIpc) is 2.69. The summed E-state index contributed by atoms with van der Waals surface area (Å²) in [6.45, 7) is 6.34. The molecule has 2 nitrogen and oxygen atoms in total. The van der Waals surface area contributed by atoms with E-state index in [1.54, 1.807) is 0 Å². The van der Waals surface area contributed by atoms with Crippen molar-refractivity contribution in [2.75, 3.05) is 6.54 Å². The molecule has 2 aromatic rings. The summed E-state index contributed by atoms with van der Waals surface area (Å²) in [5.41, 5.74) is 1.94. The van der Waals surface area contributed by atoms with Gasteiger partial charge in [0, 0.05) is 17.5 Å². The minimum absolute atomic E-state index is 0.510. The molecule has 0 unspecified atom stereocenters. The van der Waals surface area contributed by atoms with E-state index >= 15 is 0 Å². The molecule has 104 valence electrons. The van der Waals surface area contributed by atoms with Gasteiger partial charge in [0.05, 0.1) is 0 Å². The number of nitrogens with one attached hydrogen (secondary N) is 1. The zero-order chi connectivity index (χ0) is 13.7. The van der Waals surface area contributed by atoms with Crippen molar-refractivity contribution < 1.29 is 4.42 Å². The largest absolute Gasteiger partial charge is 0.444 e. The second-order valence-electron chi connectivity index (χ2n) is 5.42. The highest BCUT2D eigenvalue weighted by atomic mass is 35.5. The van der Waals surface area contributed by atoms with Gasteiger partial charge < -0.3 is 9.73 Å². The van der Waals surface area contributed by atoms with Gasteiger partial charge in [0.15, 0.2) is 5.22 Å². The number of para-hydroxylation sites is 1. The number of halogens is 1.